The average Bonchev–Trinajstić information content (AvgIpc) is 2.94. The fourth-order valence-corrected chi connectivity index (χ4v) is 4.69. The first-order chi connectivity index (χ1) is 19.2. The molecule has 4 N–H and O–H groups in total. The van der Waals surface area contributed by atoms with E-state index >= 15 is 4.39 Å². The maximum Gasteiger partial charge on any atom is 0.232 e. The van der Waals surface area contributed by atoms with Crippen molar-refractivity contribution in [3.63, 3.8) is 0 Å². The molecule has 0 aliphatic carbocycles. The monoisotopic (exact) mass is 573 g/mol. The molecule has 40 heavy (non-hydrogen) atoms. The van der Waals surface area contributed by atoms with E-state index in [0.717, 1.165) is 25.6 Å². The third kappa shape index (κ3) is 8.02. The van der Waals surface area contributed by atoms with Gasteiger partial charge in [0.25, 0.3) is 0 Å². The summed E-state index contributed by atoms with van der Waals surface area (Å²) in [6.45, 7) is 7.60. The highest BCUT2D eigenvalue weighted by Crippen LogP contribution is 2.30. The molecule has 0 saturated heterocycles. The maximum atomic E-state index is 15.2. The number of hydrogen-bond acceptors (Lipinski definition) is 9. The molecule has 0 bridgehead atoms. The Kier molecular flexibility index (Phi) is 11.0. The van der Waals surface area contributed by atoms with Gasteiger partial charge in [0.2, 0.25) is 10.0 Å². The fraction of sp³-hybridized carbons (Fsp3) is 0.333. The Morgan fingerprint density at radius 1 is 1.00 bits per heavy atom. The van der Waals surface area contributed by atoms with E-state index in [9.17, 15) is 12.8 Å². The van der Waals surface area contributed by atoms with Gasteiger partial charge in [0, 0.05) is 37.1 Å². The van der Waals surface area contributed by atoms with Crippen molar-refractivity contribution in [3.8, 4) is 22.6 Å². The van der Waals surface area contributed by atoms with Crippen molar-refractivity contribution in [1.82, 2.24) is 19.9 Å². The Labute approximate surface area is 232 Å². The molecule has 1 aromatic carbocycles. The van der Waals surface area contributed by atoms with Crippen LogP contribution in [0.15, 0.2) is 48.7 Å². The zero-order valence-corrected chi connectivity index (χ0v) is 23.4. The molecule has 4 aromatic rings. The molecule has 3 heterocycles. The van der Waals surface area contributed by atoms with Gasteiger partial charge in [0.05, 0.1) is 29.3 Å². The molecule has 0 fully saturated rings. The highest BCUT2D eigenvalue weighted by atomic mass is 32.2. The summed E-state index contributed by atoms with van der Waals surface area (Å²) in [4.78, 5) is 17.6. The second-order valence-corrected chi connectivity index (χ2v) is 10.2. The third-order valence-electron chi connectivity index (χ3n) is 5.44. The van der Waals surface area contributed by atoms with E-state index in [2.05, 4.69) is 30.0 Å². The zero-order valence-electron chi connectivity index (χ0n) is 22.6. The van der Waals surface area contributed by atoms with Crippen LogP contribution in [0.5, 0.6) is 0 Å². The van der Waals surface area contributed by atoms with Crippen LogP contribution in [0.3, 0.4) is 0 Å². The van der Waals surface area contributed by atoms with Crippen LogP contribution in [0.2, 0.25) is 0 Å². The summed E-state index contributed by atoms with van der Waals surface area (Å²) >= 11 is 0. The number of halogens is 2. The number of hydrogen-bond donors (Lipinski definition) is 3. The largest absolute Gasteiger partial charge is 0.382 e. The Morgan fingerprint density at radius 2 is 1.77 bits per heavy atom. The van der Waals surface area contributed by atoms with Gasteiger partial charge in [-0.05, 0) is 63.6 Å². The lowest BCUT2D eigenvalue weighted by Crippen LogP contribution is -2.18. The summed E-state index contributed by atoms with van der Waals surface area (Å²) in [5, 5.41) is 3.11. The first kappa shape index (κ1) is 30.6. The summed E-state index contributed by atoms with van der Waals surface area (Å²) < 4.78 is 58.7. The second-order valence-electron chi connectivity index (χ2n) is 8.37. The van der Waals surface area contributed by atoms with Gasteiger partial charge in [0.1, 0.15) is 11.3 Å². The van der Waals surface area contributed by atoms with E-state index in [1.54, 1.807) is 18.3 Å². The summed E-state index contributed by atoms with van der Waals surface area (Å²) in [7, 11) is -3.90. The van der Waals surface area contributed by atoms with E-state index < -0.39 is 28.3 Å². The fourth-order valence-electron chi connectivity index (χ4n) is 3.60. The van der Waals surface area contributed by atoms with Gasteiger partial charge in [-0.15, -0.1) is 0 Å². The van der Waals surface area contributed by atoms with E-state index in [4.69, 9.17) is 10.5 Å². The minimum absolute atomic E-state index is 0.0595. The van der Waals surface area contributed by atoms with Crippen molar-refractivity contribution in [1.29, 1.82) is 0 Å². The number of aromatic nitrogens is 4. The number of sulfonamides is 1. The number of nitrogens with zero attached hydrogens (tertiary/aromatic N) is 4. The Hall–Kier alpha value is -3.97. The van der Waals surface area contributed by atoms with Crippen LogP contribution in [0.4, 0.5) is 26.1 Å². The Morgan fingerprint density at radius 3 is 2.40 bits per heavy atom. The highest BCUT2D eigenvalue weighted by Gasteiger charge is 2.18. The van der Waals surface area contributed by atoms with E-state index in [1.165, 1.54) is 18.2 Å². The summed E-state index contributed by atoms with van der Waals surface area (Å²) in [6.07, 6.45) is 1.45. The van der Waals surface area contributed by atoms with Crippen molar-refractivity contribution < 1.29 is 21.9 Å². The zero-order chi connectivity index (χ0) is 29.1. The molecule has 214 valence electrons. The number of alkyl halides is 1. The van der Waals surface area contributed by atoms with E-state index in [-0.39, 0.29) is 34.7 Å². The maximum absolute atomic E-state index is 15.2. The number of benzene rings is 1. The average molecular weight is 574 g/mol. The second kappa shape index (κ2) is 14.4. The predicted molar refractivity (Wildman–Crippen MR) is 155 cm³/mol. The normalized spacial score (nSPS) is 11.1. The molecular formula is C27H33F2N7O3S. The lowest BCUT2D eigenvalue weighted by atomic mass is 10.1. The van der Waals surface area contributed by atoms with Gasteiger partial charge in [-0.25, -0.2) is 32.7 Å². The number of anilines is 3. The van der Waals surface area contributed by atoms with Crippen molar-refractivity contribution in [2.45, 2.75) is 27.2 Å². The minimum Gasteiger partial charge on any atom is -0.382 e. The first-order valence-corrected chi connectivity index (χ1v) is 14.5. The number of fused-ring (bicyclic) bond motifs is 1. The van der Waals surface area contributed by atoms with Gasteiger partial charge in [0.15, 0.2) is 17.5 Å². The van der Waals surface area contributed by atoms with E-state index in [0.29, 0.717) is 16.9 Å². The van der Waals surface area contributed by atoms with Crippen molar-refractivity contribution in [2.75, 3.05) is 48.0 Å². The van der Waals surface area contributed by atoms with Crippen LogP contribution in [0.25, 0.3) is 33.7 Å². The molecule has 4 rings (SSSR count). The smallest absolute Gasteiger partial charge is 0.232 e. The number of ether oxygens (including phenoxy) is 1. The van der Waals surface area contributed by atoms with Crippen LogP contribution >= 0.6 is 0 Å². The van der Waals surface area contributed by atoms with Crippen LogP contribution in [0, 0.1) is 5.82 Å². The number of pyridine rings is 2. The molecule has 0 atom stereocenters. The molecule has 0 aliphatic rings. The lowest BCUT2D eigenvalue weighted by Gasteiger charge is -2.12. The molecule has 0 spiro atoms. The quantitative estimate of drug-likeness (QED) is 0.224. The molecule has 10 nitrogen and oxygen atoms in total. The first-order valence-electron chi connectivity index (χ1n) is 12.8. The van der Waals surface area contributed by atoms with Gasteiger partial charge in [-0.3, -0.25) is 9.11 Å². The molecular weight excluding hydrogens is 540 g/mol. The number of nitrogen functional groups attached to an aromatic ring is 1. The van der Waals surface area contributed by atoms with Crippen LogP contribution in [0.1, 0.15) is 27.2 Å². The van der Waals surface area contributed by atoms with Gasteiger partial charge in [-0.2, -0.15) is 0 Å². The molecule has 0 radical (unpaired) electrons. The molecule has 0 unspecified atom stereocenters. The van der Waals surface area contributed by atoms with Crippen LogP contribution < -0.4 is 15.8 Å². The molecule has 0 amide bonds. The van der Waals surface area contributed by atoms with Crippen LogP contribution in [-0.4, -0.2) is 60.5 Å². The topological polar surface area (TPSA) is 145 Å². The van der Waals surface area contributed by atoms with Crippen molar-refractivity contribution in [3.05, 3.63) is 54.5 Å². The summed E-state index contributed by atoms with van der Waals surface area (Å²) in [5.41, 5.74) is 7.58. The number of rotatable bonds is 11. The molecule has 0 saturated carbocycles. The third-order valence-corrected chi connectivity index (χ3v) is 6.80. The summed E-state index contributed by atoms with van der Waals surface area (Å²) in [5.74, 6) is -0.0659. The van der Waals surface area contributed by atoms with E-state index in [1.807, 2.05) is 32.9 Å². The predicted octanol–water partition coefficient (Wildman–Crippen LogP) is 5.05. The van der Waals surface area contributed by atoms with Crippen molar-refractivity contribution in [2.24, 2.45) is 0 Å². The molecule has 0 aliphatic heterocycles. The number of nitrogens with one attached hydrogen (secondary N) is 2. The number of nitrogens with two attached hydrogens (primary N) is 1. The molecule has 3 aromatic heterocycles. The highest BCUT2D eigenvalue weighted by molar-refractivity contribution is 7.92. The van der Waals surface area contributed by atoms with Crippen LogP contribution in [-0.2, 0) is 14.8 Å². The van der Waals surface area contributed by atoms with Gasteiger partial charge in [-0.1, -0.05) is 6.07 Å². The SMILES string of the molecule is CCNc1ccc(-c2nc(N)c3nc(-c4cccc(NS(=O)(=O)CCCF)c4F)ccc3n2)cn1.CCOCC. The molecule has 13 heteroatoms. The summed E-state index contributed by atoms with van der Waals surface area (Å²) in [6, 6.07) is 11.1. The minimum atomic E-state index is -3.90. The van der Waals surface area contributed by atoms with Gasteiger partial charge < -0.3 is 15.8 Å². The lowest BCUT2D eigenvalue weighted by molar-refractivity contribution is 0.162. The Balaban J connectivity index is 0.000000810. The Bertz CT molecular complexity index is 1520. The van der Waals surface area contributed by atoms with Gasteiger partial charge >= 0.3 is 0 Å². The van der Waals surface area contributed by atoms with Crippen molar-refractivity contribution >= 4 is 38.4 Å². The standard InChI is InChI=1S/C23H23F2N7O2S.C4H10O/c1-2-27-19-10-7-14(13-28-19)23-30-18-9-8-16(29-21(18)22(26)31-23)15-5-3-6-17(20(15)25)32-35(33,34)12-4-11-24;1-3-5-4-2/h3,5-10,13,32H,2,4,11-12H2,1H3,(H,27,28)(H2,26,30,31);3-4H2,1-2H3.